The SMILES string of the molecule is C[C@@H](CNN)c1ccccc1. The average molecular weight is 150 g/mol. The predicted octanol–water partition coefficient (Wildman–Crippen LogP) is 1.25. The third kappa shape index (κ3) is 2.33. The van der Waals surface area contributed by atoms with Crippen molar-refractivity contribution in [1.29, 1.82) is 0 Å². The summed E-state index contributed by atoms with van der Waals surface area (Å²) in [7, 11) is 0. The van der Waals surface area contributed by atoms with Gasteiger partial charge in [0.15, 0.2) is 0 Å². The third-order valence-corrected chi connectivity index (χ3v) is 1.79. The van der Waals surface area contributed by atoms with Crippen LogP contribution in [-0.4, -0.2) is 6.54 Å². The number of hydrogen-bond acceptors (Lipinski definition) is 2. The lowest BCUT2D eigenvalue weighted by molar-refractivity contribution is 0.640. The fourth-order valence-electron chi connectivity index (χ4n) is 1.08. The Labute approximate surface area is 67.4 Å². The normalized spacial score (nSPS) is 12.9. The van der Waals surface area contributed by atoms with Gasteiger partial charge in [-0.15, -0.1) is 0 Å². The van der Waals surface area contributed by atoms with Gasteiger partial charge in [0.05, 0.1) is 0 Å². The summed E-state index contributed by atoms with van der Waals surface area (Å²) in [4.78, 5) is 0. The van der Waals surface area contributed by atoms with E-state index in [1.807, 2.05) is 18.2 Å². The molecule has 0 spiro atoms. The van der Waals surface area contributed by atoms with Crippen molar-refractivity contribution < 1.29 is 0 Å². The molecule has 0 radical (unpaired) electrons. The molecule has 0 fully saturated rings. The largest absolute Gasteiger partial charge is 0.271 e. The lowest BCUT2D eigenvalue weighted by atomic mass is 10.0. The van der Waals surface area contributed by atoms with E-state index in [4.69, 9.17) is 5.84 Å². The highest BCUT2D eigenvalue weighted by Crippen LogP contribution is 2.12. The van der Waals surface area contributed by atoms with Gasteiger partial charge >= 0.3 is 0 Å². The summed E-state index contributed by atoms with van der Waals surface area (Å²) in [6, 6.07) is 10.3. The first-order chi connectivity index (χ1) is 5.34. The molecule has 0 saturated heterocycles. The maximum absolute atomic E-state index is 5.22. The molecule has 0 aliphatic heterocycles. The highest BCUT2D eigenvalue weighted by molar-refractivity contribution is 5.18. The Hall–Kier alpha value is -0.860. The Balaban J connectivity index is 2.61. The van der Waals surface area contributed by atoms with Crippen LogP contribution < -0.4 is 11.3 Å². The number of nitrogens with two attached hydrogens (primary N) is 1. The molecule has 2 heteroatoms. The lowest BCUT2D eigenvalue weighted by Crippen LogP contribution is -2.26. The minimum Gasteiger partial charge on any atom is -0.271 e. The quantitative estimate of drug-likeness (QED) is 0.502. The van der Waals surface area contributed by atoms with Gasteiger partial charge in [0, 0.05) is 6.54 Å². The van der Waals surface area contributed by atoms with E-state index in [1.165, 1.54) is 5.56 Å². The van der Waals surface area contributed by atoms with Crippen LogP contribution in [0.1, 0.15) is 18.4 Å². The second-order valence-electron chi connectivity index (χ2n) is 2.72. The summed E-state index contributed by atoms with van der Waals surface area (Å²) in [5, 5.41) is 0. The summed E-state index contributed by atoms with van der Waals surface area (Å²) < 4.78 is 0. The van der Waals surface area contributed by atoms with Crippen molar-refractivity contribution in [3.63, 3.8) is 0 Å². The summed E-state index contributed by atoms with van der Waals surface area (Å²) >= 11 is 0. The van der Waals surface area contributed by atoms with Crippen LogP contribution >= 0.6 is 0 Å². The Kier molecular flexibility index (Phi) is 3.08. The maximum Gasteiger partial charge on any atom is 0.0164 e. The Morgan fingerprint density at radius 1 is 1.36 bits per heavy atom. The molecule has 0 unspecified atom stereocenters. The van der Waals surface area contributed by atoms with E-state index in [0.717, 1.165) is 6.54 Å². The van der Waals surface area contributed by atoms with Gasteiger partial charge in [-0.3, -0.25) is 11.3 Å². The highest BCUT2D eigenvalue weighted by Gasteiger charge is 2.01. The zero-order valence-corrected chi connectivity index (χ0v) is 6.75. The van der Waals surface area contributed by atoms with Crippen molar-refractivity contribution in [2.24, 2.45) is 5.84 Å². The predicted molar refractivity (Wildman–Crippen MR) is 47.0 cm³/mol. The van der Waals surface area contributed by atoms with Crippen molar-refractivity contribution in [2.75, 3.05) is 6.54 Å². The van der Waals surface area contributed by atoms with Crippen LogP contribution in [0.15, 0.2) is 30.3 Å². The fourth-order valence-corrected chi connectivity index (χ4v) is 1.08. The van der Waals surface area contributed by atoms with Gasteiger partial charge in [-0.2, -0.15) is 0 Å². The molecule has 0 aliphatic carbocycles. The summed E-state index contributed by atoms with van der Waals surface area (Å²) in [5.41, 5.74) is 3.99. The van der Waals surface area contributed by atoms with Gasteiger partial charge in [0.2, 0.25) is 0 Å². The van der Waals surface area contributed by atoms with E-state index in [-0.39, 0.29) is 0 Å². The van der Waals surface area contributed by atoms with E-state index in [1.54, 1.807) is 0 Å². The van der Waals surface area contributed by atoms with Crippen molar-refractivity contribution in [3.05, 3.63) is 35.9 Å². The monoisotopic (exact) mass is 150 g/mol. The van der Waals surface area contributed by atoms with Crippen LogP contribution in [0.2, 0.25) is 0 Å². The molecule has 0 bridgehead atoms. The van der Waals surface area contributed by atoms with Gasteiger partial charge < -0.3 is 0 Å². The standard InChI is InChI=1S/C9H14N2/c1-8(7-11-10)9-5-3-2-4-6-9/h2-6,8,11H,7,10H2,1H3/t8-/m0/s1. The van der Waals surface area contributed by atoms with Crippen LogP contribution in [0, 0.1) is 0 Å². The van der Waals surface area contributed by atoms with Gasteiger partial charge in [-0.05, 0) is 11.5 Å². The van der Waals surface area contributed by atoms with Gasteiger partial charge in [-0.25, -0.2) is 0 Å². The number of nitrogens with one attached hydrogen (secondary N) is 1. The molecule has 1 rings (SSSR count). The lowest BCUT2D eigenvalue weighted by Gasteiger charge is -2.09. The van der Waals surface area contributed by atoms with Gasteiger partial charge in [0.25, 0.3) is 0 Å². The van der Waals surface area contributed by atoms with Gasteiger partial charge in [0.1, 0.15) is 0 Å². The molecule has 0 amide bonds. The second-order valence-corrected chi connectivity index (χ2v) is 2.72. The van der Waals surface area contributed by atoms with Crippen molar-refractivity contribution in [2.45, 2.75) is 12.8 Å². The van der Waals surface area contributed by atoms with E-state index >= 15 is 0 Å². The molecule has 60 valence electrons. The zero-order valence-electron chi connectivity index (χ0n) is 6.75. The Morgan fingerprint density at radius 2 is 2.00 bits per heavy atom. The minimum atomic E-state index is 0.487. The van der Waals surface area contributed by atoms with E-state index in [2.05, 4.69) is 24.5 Å². The van der Waals surface area contributed by atoms with Gasteiger partial charge in [-0.1, -0.05) is 37.3 Å². The highest BCUT2D eigenvalue weighted by atomic mass is 15.2. The van der Waals surface area contributed by atoms with Crippen LogP contribution in [-0.2, 0) is 0 Å². The van der Waals surface area contributed by atoms with Crippen molar-refractivity contribution in [3.8, 4) is 0 Å². The van der Waals surface area contributed by atoms with Crippen LogP contribution in [0.5, 0.6) is 0 Å². The minimum absolute atomic E-state index is 0.487. The number of hydrogen-bond donors (Lipinski definition) is 2. The molecular weight excluding hydrogens is 136 g/mol. The summed E-state index contributed by atoms with van der Waals surface area (Å²) in [5.74, 6) is 5.70. The smallest absolute Gasteiger partial charge is 0.0164 e. The van der Waals surface area contributed by atoms with Crippen LogP contribution in [0.3, 0.4) is 0 Å². The molecule has 11 heavy (non-hydrogen) atoms. The summed E-state index contributed by atoms with van der Waals surface area (Å²) in [6.07, 6.45) is 0. The molecule has 2 nitrogen and oxygen atoms in total. The molecule has 1 atom stereocenters. The van der Waals surface area contributed by atoms with Crippen molar-refractivity contribution in [1.82, 2.24) is 5.43 Å². The summed E-state index contributed by atoms with van der Waals surface area (Å²) in [6.45, 7) is 2.97. The molecule has 3 N–H and O–H groups in total. The Bertz CT molecular complexity index is 196. The van der Waals surface area contributed by atoms with E-state index in [9.17, 15) is 0 Å². The fraction of sp³-hybridized carbons (Fsp3) is 0.333. The molecule has 1 aromatic carbocycles. The van der Waals surface area contributed by atoms with E-state index in [0.29, 0.717) is 5.92 Å². The second kappa shape index (κ2) is 4.11. The first kappa shape index (κ1) is 8.24. The van der Waals surface area contributed by atoms with E-state index < -0.39 is 0 Å². The molecule has 0 aliphatic rings. The number of benzene rings is 1. The first-order valence-electron chi connectivity index (χ1n) is 3.83. The van der Waals surface area contributed by atoms with Crippen LogP contribution in [0.4, 0.5) is 0 Å². The molecular formula is C9H14N2. The van der Waals surface area contributed by atoms with Crippen molar-refractivity contribution >= 4 is 0 Å². The first-order valence-corrected chi connectivity index (χ1v) is 3.83. The number of hydrazine groups is 1. The topological polar surface area (TPSA) is 38.0 Å². The zero-order chi connectivity index (χ0) is 8.10. The van der Waals surface area contributed by atoms with Crippen LogP contribution in [0.25, 0.3) is 0 Å². The average Bonchev–Trinajstić information content (AvgIpc) is 2.07. The number of rotatable bonds is 3. The Morgan fingerprint density at radius 3 is 2.55 bits per heavy atom. The molecule has 0 saturated carbocycles. The molecule has 1 aromatic rings. The molecule has 0 aromatic heterocycles. The maximum atomic E-state index is 5.22. The third-order valence-electron chi connectivity index (χ3n) is 1.79. The molecule has 0 heterocycles.